The molecular formula is C19H22N4O4. The van der Waals surface area contributed by atoms with Crippen LogP contribution in [0, 0.1) is 17.0 Å². The summed E-state index contributed by atoms with van der Waals surface area (Å²) in [6.07, 6.45) is 2.55. The number of carbonyl (C=O) groups is 1. The summed E-state index contributed by atoms with van der Waals surface area (Å²) in [6, 6.07) is 6.31. The molecule has 0 saturated carbocycles. The Hall–Kier alpha value is -3.03. The van der Waals surface area contributed by atoms with Gasteiger partial charge >= 0.3 is 5.97 Å². The molecule has 3 rings (SSSR count). The topological polar surface area (TPSA) is 109 Å². The first-order chi connectivity index (χ1) is 12.9. The number of nitro groups is 1. The van der Waals surface area contributed by atoms with Crippen LogP contribution in [0.2, 0.25) is 0 Å². The smallest absolute Gasteiger partial charge is 0.310 e. The number of hydrogen-bond acceptors (Lipinski definition) is 6. The number of nitro benzene ring substituents is 1. The van der Waals surface area contributed by atoms with Gasteiger partial charge in [0.15, 0.2) is 0 Å². The summed E-state index contributed by atoms with van der Waals surface area (Å²) in [5.41, 5.74) is 2.24. The van der Waals surface area contributed by atoms with Crippen LogP contribution in [0.25, 0.3) is 0 Å². The molecule has 1 aromatic carbocycles. The second-order valence-corrected chi connectivity index (χ2v) is 6.82. The van der Waals surface area contributed by atoms with Crippen molar-refractivity contribution in [2.75, 3.05) is 18.0 Å². The van der Waals surface area contributed by atoms with Crippen LogP contribution in [-0.4, -0.2) is 39.1 Å². The van der Waals surface area contributed by atoms with E-state index in [2.05, 4.69) is 14.9 Å². The number of benzene rings is 1. The molecule has 0 radical (unpaired) electrons. The molecule has 1 unspecified atom stereocenters. The second kappa shape index (κ2) is 7.69. The Morgan fingerprint density at radius 3 is 2.44 bits per heavy atom. The minimum Gasteiger partial charge on any atom is -0.481 e. The fourth-order valence-corrected chi connectivity index (χ4v) is 3.42. The number of aromatic nitrogens is 2. The van der Waals surface area contributed by atoms with Crippen LogP contribution in [0.3, 0.4) is 0 Å². The van der Waals surface area contributed by atoms with Gasteiger partial charge in [-0.25, -0.2) is 9.97 Å². The molecule has 1 N–H and O–H groups in total. The number of hydrogen-bond donors (Lipinski definition) is 1. The molecule has 1 atom stereocenters. The molecule has 8 nitrogen and oxygen atoms in total. The third-order valence-corrected chi connectivity index (χ3v) is 4.88. The zero-order valence-electron chi connectivity index (χ0n) is 15.4. The van der Waals surface area contributed by atoms with Gasteiger partial charge in [0.25, 0.3) is 5.69 Å². The van der Waals surface area contributed by atoms with Gasteiger partial charge in [-0.2, -0.15) is 0 Å². The predicted octanol–water partition coefficient (Wildman–Crippen LogP) is 3.07. The molecule has 1 aliphatic heterocycles. The molecule has 2 aromatic rings. The van der Waals surface area contributed by atoms with E-state index < -0.39 is 16.8 Å². The molecule has 0 aliphatic carbocycles. The molecule has 1 saturated heterocycles. The van der Waals surface area contributed by atoms with Crippen molar-refractivity contribution in [1.82, 2.24) is 9.97 Å². The monoisotopic (exact) mass is 370 g/mol. The summed E-state index contributed by atoms with van der Waals surface area (Å²) in [5, 5.41) is 20.3. The Kier molecular flexibility index (Phi) is 5.34. The SMILES string of the molecule is Cc1nc(Cc2ccc([N+](=O)[O-])cc2)nc(N2CCCC2)c1C(C)C(=O)O. The maximum atomic E-state index is 11.6. The lowest BCUT2D eigenvalue weighted by atomic mass is 9.99. The maximum absolute atomic E-state index is 11.6. The molecule has 142 valence electrons. The van der Waals surface area contributed by atoms with Gasteiger partial charge in [0.05, 0.1) is 10.8 Å². The molecule has 0 bridgehead atoms. The Morgan fingerprint density at radius 2 is 1.89 bits per heavy atom. The summed E-state index contributed by atoms with van der Waals surface area (Å²) >= 11 is 0. The van der Waals surface area contributed by atoms with Crippen molar-refractivity contribution in [1.29, 1.82) is 0 Å². The fourth-order valence-electron chi connectivity index (χ4n) is 3.42. The average Bonchev–Trinajstić information content (AvgIpc) is 3.15. The summed E-state index contributed by atoms with van der Waals surface area (Å²) in [6.45, 7) is 5.18. The van der Waals surface area contributed by atoms with E-state index in [0.717, 1.165) is 31.5 Å². The van der Waals surface area contributed by atoms with E-state index in [4.69, 9.17) is 0 Å². The molecule has 8 heteroatoms. The number of rotatable bonds is 6. The Morgan fingerprint density at radius 1 is 1.26 bits per heavy atom. The number of aryl methyl sites for hydroxylation is 1. The molecule has 2 heterocycles. The Balaban J connectivity index is 1.96. The van der Waals surface area contributed by atoms with Crippen LogP contribution in [-0.2, 0) is 11.2 Å². The van der Waals surface area contributed by atoms with E-state index in [0.29, 0.717) is 29.3 Å². The quantitative estimate of drug-likeness (QED) is 0.614. The molecular weight excluding hydrogens is 348 g/mol. The number of anilines is 1. The van der Waals surface area contributed by atoms with Gasteiger partial charge in [-0.05, 0) is 32.3 Å². The number of carboxylic acids is 1. The number of nitrogens with zero attached hydrogens (tertiary/aromatic N) is 4. The standard InChI is InChI=1S/C19H22N4O4/c1-12(19(24)25)17-13(2)20-16(21-18(17)22-9-3-4-10-22)11-14-5-7-15(8-6-14)23(26)27/h5-8,12H,3-4,9-11H2,1-2H3,(H,24,25). The van der Waals surface area contributed by atoms with E-state index in [1.165, 1.54) is 12.1 Å². The highest BCUT2D eigenvalue weighted by Gasteiger charge is 2.27. The van der Waals surface area contributed by atoms with Crippen LogP contribution in [0.15, 0.2) is 24.3 Å². The first-order valence-corrected chi connectivity index (χ1v) is 8.95. The van der Waals surface area contributed by atoms with Gasteiger partial charge < -0.3 is 10.0 Å². The van der Waals surface area contributed by atoms with Crippen LogP contribution in [0.1, 0.15) is 48.3 Å². The highest BCUT2D eigenvalue weighted by Crippen LogP contribution is 2.31. The summed E-state index contributed by atoms with van der Waals surface area (Å²) in [7, 11) is 0. The highest BCUT2D eigenvalue weighted by molar-refractivity contribution is 5.78. The van der Waals surface area contributed by atoms with Gasteiger partial charge in [-0.15, -0.1) is 0 Å². The van der Waals surface area contributed by atoms with Gasteiger partial charge in [-0.3, -0.25) is 14.9 Å². The van der Waals surface area contributed by atoms with E-state index in [-0.39, 0.29) is 5.69 Å². The van der Waals surface area contributed by atoms with Crippen molar-refractivity contribution in [2.45, 2.75) is 39.0 Å². The molecule has 0 amide bonds. The van der Waals surface area contributed by atoms with Gasteiger partial charge in [0.2, 0.25) is 0 Å². The lowest BCUT2D eigenvalue weighted by Gasteiger charge is -2.24. The maximum Gasteiger partial charge on any atom is 0.310 e. The van der Waals surface area contributed by atoms with Crippen molar-refractivity contribution in [3.8, 4) is 0 Å². The number of non-ortho nitro benzene ring substituents is 1. The van der Waals surface area contributed by atoms with Crippen molar-refractivity contribution in [2.24, 2.45) is 0 Å². The highest BCUT2D eigenvalue weighted by atomic mass is 16.6. The van der Waals surface area contributed by atoms with Crippen molar-refractivity contribution < 1.29 is 14.8 Å². The summed E-state index contributed by atoms with van der Waals surface area (Å²) in [5.74, 6) is -0.296. The number of carboxylic acid groups (broad SMARTS) is 1. The average molecular weight is 370 g/mol. The fraction of sp³-hybridized carbons (Fsp3) is 0.421. The zero-order valence-corrected chi connectivity index (χ0v) is 15.4. The Labute approximate surface area is 157 Å². The van der Waals surface area contributed by atoms with Crippen molar-refractivity contribution in [3.05, 3.63) is 57.0 Å². The predicted molar refractivity (Wildman–Crippen MR) is 100 cm³/mol. The minimum atomic E-state index is -0.898. The largest absolute Gasteiger partial charge is 0.481 e. The zero-order chi connectivity index (χ0) is 19.6. The lowest BCUT2D eigenvalue weighted by Crippen LogP contribution is -2.25. The van der Waals surface area contributed by atoms with Gasteiger partial charge in [0.1, 0.15) is 11.6 Å². The second-order valence-electron chi connectivity index (χ2n) is 6.82. The molecule has 1 fully saturated rings. The van der Waals surface area contributed by atoms with Crippen LogP contribution in [0.4, 0.5) is 11.5 Å². The molecule has 1 aliphatic rings. The number of aliphatic carboxylic acids is 1. The third-order valence-electron chi connectivity index (χ3n) is 4.88. The van der Waals surface area contributed by atoms with E-state index in [9.17, 15) is 20.0 Å². The lowest BCUT2D eigenvalue weighted by molar-refractivity contribution is -0.384. The third kappa shape index (κ3) is 4.05. The minimum absolute atomic E-state index is 0.0410. The summed E-state index contributed by atoms with van der Waals surface area (Å²) in [4.78, 5) is 33.3. The van der Waals surface area contributed by atoms with E-state index in [1.54, 1.807) is 19.1 Å². The molecule has 0 spiro atoms. The van der Waals surface area contributed by atoms with Crippen LogP contribution < -0.4 is 4.90 Å². The Bertz CT molecular complexity index is 861. The molecule has 1 aromatic heterocycles. The summed E-state index contributed by atoms with van der Waals surface area (Å²) < 4.78 is 0. The first kappa shape index (κ1) is 18.8. The van der Waals surface area contributed by atoms with E-state index in [1.807, 2.05) is 6.92 Å². The van der Waals surface area contributed by atoms with Crippen LogP contribution >= 0.6 is 0 Å². The molecule has 27 heavy (non-hydrogen) atoms. The van der Waals surface area contributed by atoms with Crippen molar-refractivity contribution in [3.63, 3.8) is 0 Å². The van der Waals surface area contributed by atoms with Gasteiger partial charge in [-0.1, -0.05) is 12.1 Å². The van der Waals surface area contributed by atoms with E-state index >= 15 is 0 Å². The normalized spacial score (nSPS) is 15.0. The van der Waals surface area contributed by atoms with Gasteiger partial charge in [0, 0.05) is 42.9 Å². The first-order valence-electron chi connectivity index (χ1n) is 8.95. The van der Waals surface area contributed by atoms with Crippen LogP contribution in [0.5, 0.6) is 0 Å². The van der Waals surface area contributed by atoms with Crippen molar-refractivity contribution >= 4 is 17.5 Å².